The third kappa shape index (κ3) is 3.51. The molecule has 0 spiro atoms. The number of hydrogen-bond acceptors (Lipinski definition) is 4. The van der Waals surface area contributed by atoms with Gasteiger partial charge in [-0.05, 0) is 44.2 Å². The minimum absolute atomic E-state index is 0.00477. The van der Waals surface area contributed by atoms with Gasteiger partial charge in [0.25, 0.3) is 5.91 Å². The maximum atomic E-state index is 11.7. The van der Waals surface area contributed by atoms with Crippen LogP contribution >= 0.6 is 0 Å². The highest BCUT2D eigenvalue weighted by molar-refractivity contribution is 5.98. The second kappa shape index (κ2) is 6.56. The zero-order chi connectivity index (χ0) is 15.4. The number of fused-ring (bicyclic) bond motifs is 1. The average molecular weight is 291 g/mol. The number of aliphatic carboxylic acids is 1. The number of rotatable bonds is 6. The molecule has 0 aliphatic heterocycles. The Hall–Kier alpha value is -2.11. The summed E-state index contributed by atoms with van der Waals surface area (Å²) >= 11 is 0. The van der Waals surface area contributed by atoms with E-state index in [1.165, 1.54) is 0 Å². The second-order valence-corrected chi connectivity index (χ2v) is 5.26. The smallest absolute Gasteiger partial charge is 0.305 e. The molecule has 3 N–H and O–H groups in total. The number of pyridine rings is 1. The minimum atomic E-state index is -0.868. The molecular formula is C15H21N3O3. The number of anilines is 1. The highest BCUT2D eigenvalue weighted by Gasteiger charge is 2.21. The molecule has 1 aromatic heterocycles. The van der Waals surface area contributed by atoms with E-state index in [9.17, 15) is 9.59 Å². The number of carboxylic acid groups (broad SMARTS) is 1. The molecular weight excluding hydrogens is 270 g/mol. The van der Waals surface area contributed by atoms with E-state index >= 15 is 0 Å². The molecule has 0 saturated heterocycles. The predicted molar refractivity (Wildman–Crippen MR) is 79.5 cm³/mol. The van der Waals surface area contributed by atoms with Crippen molar-refractivity contribution in [3.05, 3.63) is 22.9 Å². The first kappa shape index (κ1) is 15.3. The molecule has 0 aromatic carbocycles. The van der Waals surface area contributed by atoms with Crippen molar-refractivity contribution in [3.8, 4) is 0 Å². The fourth-order valence-corrected chi connectivity index (χ4v) is 2.69. The molecule has 2 rings (SSSR count). The molecule has 0 unspecified atom stereocenters. The van der Waals surface area contributed by atoms with Crippen molar-refractivity contribution < 1.29 is 14.7 Å². The maximum Gasteiger partial charge on any atom is 0.305 e. The molecule has 21 heavy (non-hydrogen) atoms. The average Bonchev–Trinajstić information content (AvgIpc) is 2.46. The molecule has 6 nitrogen and oxygen atoms in total. The van der Waals surface area contributed by atoms with Crippen LogP contribution in [-0.4, -0.2) is 35.1 Å². The maximum absolute atomic E-state index is 11.7. The van der Waals surface area contributed by atoms with Gasteiger partial charge >= 0.3 is 5.97 Å². The predicted octanol–water partition coefficient (Wildman–Crippen LogP) is 1.36. The first-order valence-electron chi connectivity index (χ1n) is 7.32. The normalized spacial score (nSPS) is 13.6. The SMILES string of the molecule is CCN(CCC(=O)O)c1nc2c(cc1C(N)=O)CCCC2. The number of amides is 1. The van der Waals surface area contributed by atoms with E-state index in [-0.39, 0.29) is 6.42 Å². The lowest BCUT2D eigenvalue weighted by atomic mass is 9.94. The Balaban J connectivity index is 2.39. The summed E-state index contributed by atoms with van der Waals surface area (Å²) < 4.78 is 0. The Labute approximate surface area is 124 Å². The van der Waals surface area contributed by atoms with Gasteiger partial charge in [-0.15, -0.1) is 0 Å². The molecule has 1 aromatic rings. The van der Waals surface area contributed by atoms with Crippen LogP contribution in [0.4, 0.5) is 5.82 Å². The lowest BCUT2D eigenvalue weighted by Crippen LogP contribution is -2.30. The molecule has 1 aliphatic rings. The van der Waals surface area contributed by atoms with E-state index in [0.29, 0.717) is 24.5 Å². The Bertz CT molecular complexity index is 557. The third-order valence-electron chi connectivity index (χ3n) is 3.82. The van der Waals surface area contributed by atoms with E-state index < -0.39 is 11.9 Å². The quantitative estimate of drug-likeness (QED) is 0.825. The van der Waals surface area contributed by atoms with Crippen molar-refractivity contribution in [2.24, 2.45) is 5.73 Å². The summed E-state index contributed by atoms with van der Waals surface area (Å²) in [4.78, 5) is 28.9. The van der Waals surface area contributed by atoms with Crippen LogP contribution in [0.2, 0.25) is 0 Å². The van der Waals surface area contributed by atoms with Crippen LogP contribution in [0.15, 0.2) is 6.07 Å². The molecule has 0 fully saturated rings. The largest absolute Gasteiger partial charge is 0.481 e. The number of carboxylic acids is 1. The number of carbonyl (C=O) groups excluding carboxylic acids is 1. The zero-order valence-corrected chi connectivity index (χ0v) is 12.3. The van der Waals surface area contributed by atoms with Crippen molar-refractivity contribution in [1.29, 1.82) is 0 Å². The summed E-state index contributed by atoms with van der Waals surface area (Å²) in [5, 5.41) is 8.84. The summed E-state index contributed by atoms with van der Waals surface area (Å²) in [5.41, 5.74) is 7.97. The summed E-state index contributed by atoms with van der Waals surface area (Å²) in [6, 6.07) is 1.84. The van der Waals surface area contributed by atoms with E-state index in [1.807, 2.05) is 17.9 Å². The first-order valence-corrected chi connectivity index (χ1v) is 7.32. The van der Waals surface area contributed by atoms with Gasteiger partial charge in [0.2, 0.25) is 0 Å². The number of carbonyl (C=O) groups is 2. The summed E-state index contributed by atoms with van der Waals surface area (Å²) in [7, 11) is 0. The first-order chi connectivity index (χ1) is 10.0. The van der Waals surface area contributed by atoms with Crippen LogP contribution in [0.25, 0.3) is 0 Å². The van der Waals surface area contributed by atoms with Crippen LogP contribution in [0, 0.1) is 0 Å². The van der Waals surface area contributed by atoms with Gasteiger partial charge in [0.1, 0.15) is 5.82 Å². The summed E-state index contributed by atoms with van der Waals surface area (Å²) in [6.45, 7) is 2.81. The van der Waals surface area contributed by atoms with Crippen molar-refractivity contribution in [2.45, 2.75) is 39.0 Å². The van der Waals surface area contributed by atoms with Gasteiger partial charge < -0.3 is 15.7 Å². The molecule has 1 aliphatic carbocycles. The number of aryl methyl sites for hydroxylation is 2. The van der Waals surface area contributed by atoms with Crippen LogP contribution in [0.1, 0.15) is 47.8 Å². The van der Waals surface area contributed by atoms with Gasteiger partial charge in [0, 0.05) is 18.8 Å². The fraction of sp³-hybridized carbons (Fsp3) is 0.533. The molecule has 0 saturated carbocycles. The van der Waals surface area contributed by atoms with Crippen LogP contribution in [0.5, 0.6) is 0 Å². The van der Waals surface area contributed by atoms with Crippen molar-refractivity contribution in [3.63, 3.8) is 0 Å². The standard InChI is InChI=1S/C15H21N3O3/c1-2-18(8-7-13(19)20)15-11(14(16)21)9-10-5-3-4-6-12(10)17-15/h9H,2-8H2,1H3,(H2,16,21)(H,19,20). The van der Waals surface area contributed by atoms with Gasteiger partial charge in [-0.25, -0.2) is 4.98 Å². The lowest BCUT2D eigenvalue weighted by Gasteiger charge is -2.26. The highest BCUT2D eigenvalue weighted by atomic mass is 16.4. The van der Waals surface area contributed by atoms with Gasteiger partial charge in [-0.3, -0.25) is 9.59 Å². The topological polar surface area (TPSA) is 96.5 Å². The number of hydrogen-bond donors (Lipinski definition) is 2. The molecule has 1 heterocycles. The number of nitrogens with zero attached hydrogens (tertiary/aromatic N) is 2. The van der Waals surface area contributed by atoms with Crippen molar-refractivity contribution in [1.82, 2.24) is 4.98 Å². The molecule has 0 bridgehead atoms. The Morgan fingerprint density at radius 3 is 2.71 bits per heavy atom. The molecule has 6 heteroatoms. The number of nitrogens with two attached hydrogens (primary N) is 1. The van der Waals surface area contributed by atoms with Crippen molar-refractivity contribution >= 4 is 17.7 Å². The summed E-state index contributed by atoms with van der Waals surface area (Å²) in [5.74, 6) is -0.862. The van der Waals surface area contributed by atoms with E-state index in [0.717, 1.165) is 36.9 Å². The van der Waals surface area contributed by atoms with Gasteiger partial charge in [-0.1, -0.05) is 0 Å². The molecule has 0 atom stereocenters. The van der Waals surface area contributed by atoms with E-state index in [1.54, 1.807) is 0 Å². The molecule has 114 valence electrons. The Kier molecular flexibility index (Phi) is 4.77. The van der Waals surface area contributed by atoms with Gasteiger partial charge in [0.05, 0.1) is 12.0 Å². The minimum Gasteiger partial charge on any atom is -0.481 e. The zero-order valence-electron chi connectivity index (χ0n) is 12.3. The molecule has 0 radical (unpaired) electrons. The molecule has 1 amide bonds. The van der Waals surface area contributed by atoms with E-state index in [4.69, 9.17) is 10.8 Å². The van der Waals surface area contributed by atoms with E-state index in [2.05, 4.69) is 4.98 Å². The second-order valence-electron chi connectivity index (χ2n) is 5.26. The van der Waals surface area contributed by atoms with Gasteiger partial charge in [-0.2, -0.15) is 0 Å². The Morgan fingerprint density at radius 1 is 1.38 bits per heavy atom. The monoisotopic (exact) mass is 291 g/mol. The van der Waals surface area contributed by atoms with Crippen LogP contribution < -0.4 is 10.6 Å². The van der Waals surface area contributed by atoms with Crippen LogP contribution in [-0.2, 0) is 17.6 Å². The fourth-order valence-electron chi connectivity index (χ4n) is 2.69. The number of primary amides is 1. The third-order valence-corrected chi connectivity index (χ3v) is 3.82. The summed E-state index contributed by atoms with van der Waals surface area (Å²) in [6.07, 6.45) is 4.02. The van der Waals surface area contributed by atoms with Gasteiger partial charge in [0.15, 0.2) is 0 Å². The lowest BCUT2D eigenvalue weighted by molar-refractivity contribution is -0.136. The Morgan fingerprint density at radius 2 is 2.10 bits per heavy atom. The highest BCUT2D eigenvalue weighted by Crippen LogP contribution is 2.26. The number of aromatic nitrogens is 1. The van der Waals surface area contributed by atoms with Crippen LogP contribution in [0.3, 0.4) is 0 Å². The van der Waals surface area contributed by atoms with Crippen molar-refractivity contribution in [2.75, 3.05) is 18.0 Å².